The van der Waals surface area contributed by atoms with Gasteiger partial charge in [0.1, 0.15) is 5.75 Å². The van der Waals surface area contributed by atoms with Crippen molar-refractivity contribution in [3.05, 3.63) is 65.7 Å². The summed E-state index contributed by atoms with van der Waals surface area (Å²) in [5.74, 6) is 0.908. The quantitative estimate of drug-likeness (QED) is 0.759. The lowest BCUT2D eigenvalue weighted by atomic mass is 10.0. The summed E-state index contributed by atoms with van der Waals surface area (Å²) in [6.45, 7) is 7.33. The van der Waals surface area contributed by atoms with Crippen molar-refractivity contribution in [2.45, 2.75) is 26.8 Å². The summed E-state index contributed by atoms with van der Waals surface area (Å²) in [5.41, 5.74) is 4.96. The van der Waals surface area contributed by atoms with Crippen molar-refractivity contribution in [1.29, 1.82) is 0 Å². The first-order chi connectivity index (χ1) is 10.7. The lowest BCUT2D eigenvalue weighted by Crippen LogP contribution is -2.20. The Morgan fingerprint density at radius 1 is 1.14 bits per heavy atom. The summed E-state index contributed by atoms with van der Waals surface area (Å²) >= 11 is 0. The average Bonchev–Trinajstić information content (AvgIpc) is 2.59. The average molecular weight is 295 g/mol. The van der Waals surface area contributed by atoms with Gasteiger partial charge in [0.2, 0.25) is 0 Å². The SMILES string of the molecule is C/C=C(\C)CNC(C)c1ccc(-c2ccccc2OC)cc1. The molecule has 2 aromatic carbocycles. The number of rotatable bonds is 6. The van der Waals surface area contributed by atoms with Crippen LogP contribution in [0.1, 0.15) is 32.4 Å². The Kier molecular flexibility index (Phi) is 5.79. The van der Waals surface area contributed by atoms with E-state index in [-0.39, 0.29) is 0 Å². The Morgan fingerprint density at radius 3 is 2.45 bits per heavy atom. The minimum atomic E-state index is 0.335. The Hall–Kier alpha value is -2.06. The molecule has 1 N–H and O–H groups in total. The van der Waals surface area contributed by atoms with Gasteiger partial charge in [0.05, 0.1) is 7.11 Å². The summed E-state index contributed by atoms with van der Waals surface area (Å²) in [6, 6.07) is 17.1. The van der Waals surface area contributed by atoms with Gasteiger partial charge in [-0.3, -0.25) is 0 Å². The van der Waals surface area contributed by atoms with Crippen LogP contribution in [0, 0.1) is 0 Å². The zero-order chi connectivity index (χ0) is 15.9. The molecule has 0 aliphatic carbocycles. The van der Waals surface area contributed by atoms with Gasteiger partial charge < -0.3 is 10.1 Å². The van der Waals surface area contributed by atoms with Crippen LogP contribution in [0.15, 0.2) is 60.2 Å². The largest absolute Gasteiger partial charge is 0.496 e. The molecule has 0 spiro atoms. The standard InChI is InChI=1S/C20H25NO/c1-5-15(2)14-21-16(3)17-10-12-18(13-11-17)19-8-6-7-9-20(19)22-4/h5-13,16,21H,14H2,1-4H3/b15-5+. The summed E-state index contributed by atoms with van der Waals surface area (Å²) in [4.78, 5) is 0. The summed E-state index contributed by atoms with van der Waals surface area (Å²) in [6.07, 6.45) is 2.14. The Balaban J connectivity index is 2.13. The Labute approximate surface area is 133 Å². The molecule has 0 aliphatic rings. The van der Waals surface area contributed by atoms with Crippen molar-refractivity contribution < 1.29 is 4.74 Å². The molecule has 116 valence electrons. The smallest absolute Gasteiger partial charge is 0.126 e. The molecule has 1 atom stereocenters. The zero-order valence-electron chi connectivity index (χ0n) is 13.9. The minimum absolute atomic E-state index is 0.335. The van der Waals surface area contributed by atoms with E-state index in [1.807, 2.05) is 18.2 Å². The molecular weight excluding hydrogens is 270 g/mol. The molecule has 0 saturated heterocycles. The maximum absolute atomic E-state index is 5.44. The molecule has 0 saturated carbocycles. The van der Waals surface area contributed by atoms with E-state index in [0.29, 0.717) is 6.04 Å². The van der Waals surface area contributed by atoms with Crippen molar-refractivity contribution in [1.82, 2.24) is 5.32 Å². The maximum Gasteiger partial charge on any atom is 0.126 e. The lowest BCUT2D eigenvalue weighted by Gasteiger charge is -2.15. The summed E-state index contributed by atoms with van der Waals surface area (Å²) < 4.78 is 5.44. The van der Waals surface area contributed by atoms with Crippen molar-refractivity contribution in [2.75, 3.05) is 13.7 Å². The fourth-order valence-electron chi connectivity index (χ4n) is 2.37. The molecule has 2 aromatic rings. The number of benzene rings is 2. The van der Waals surface area contributed by atoms with Crippen molar-refractivity contribution in [3.63, 3.8) is 0 Å². The minimum Gasteiger partial charge on any atom is -0.496 e. The van der Waals surface area contributed by atoms with Crippen LogP contribution in [-0.4, -0.2) is 13.7 Å². The van der Waals surface area contributed by atoms with Crippen LogP contribution in [-0.2, 0) is 0 Å². The molecule has 2 heteroatoms. The first-order valence-electron chi connectivity index (χ1n) is 7.74. The van der Waals surface area contributed by atoms with Gasteiger partial charge >= 0.3 is 0 Å². The molecule has 2 nitrogen and oxygen atoms in total. The third-order valence-corrected chi connectivity index (χ3v) is 4.01. The highest BCUT2D eigenvalue weighted by Gasteiger charge is 2.07. The molecule has 0 fully saturated rings. The van der Waals surface area contributed by atoms with Gasteiger partial charge in [-0.2, -0.15) is 0 Å². The van der Waals surface area contributed by atoms with E-state index >= 15 is 0 Å². The molecule has 22 heavy (non-hydrogen) atoms. The second-order valence-corrected chi connectivity index (χ2v) is 5.56. The number of hydrogen-bond acceptors (Lipinski definition) is 2. The summed E-state index contributed by atoms with van der Waals surface area (Å²) in [7, 11) is 1.71. The van der Waals surface area contributed by atoms with Gasteiger partial charge in [-0.15, -0.1) is 0 Å². The van der Waals surface area contributed by atoms with E-state index in [1.165, 1.54) is 16.7 Å². The van der Waals surface area contributed by atoms with E-state index in [1.54, 1.807) is 7.11 Å². The molecular formula is C20H25NO. The fourth-order valence-corrected chi connectivity index (χ4v) is 2.37. The number of para-hydroxylation sites is 1. The highest BCUT2D eigenvalue weighted by Crippen LogP contribution is 2.30. The van der Waals surface area contributed by atoms with E-state index < -0.39 is 0 Å². The third-order valence-electron chi connectivity index (χ3n) is 4.01. The monoisotopic (exact) mass is 295 g/mol. The molecule has 0 amide bonds. The van der Waals surface area contributed by atoms with E-state index in [0.717, 1.165) is 17.9 Å². The van der Waals surface area contributed by atoms with Crippen molar-refractivity contribution in [3.8, 4) is 16.9 Å². The zero-order valence-corrected chi connectivity index (χ0v) is 13.9. The van der Waals surface area contributed by atoms with E-state index in [2.05, 4.69) is 62.5 Å². The van der Waals surface area contributed by atoms with Gasteiger partial charge in [0.15, 0.2) is 0 Å². The number of allylic oxidation sites excluding steroid dienone is 1. The predicted molar refractivity (Wildman–Crippen MR) is 94.3 cm³/mol. The van der Waals surface area contributed by atoms with Crippen LogP contribution in [0.25, 0.3) is 11.1 Å². The van der Waals surface area contributed by atoms with Gasteiger partial charge in [0, 0.05) is 18.2 Å². The van der Waals surface area contributed by atoms with Crippen LogP contribution < -0.4 is 10.1 Å². The number of methoxy groups -OCH3 is 1. The maximum atomic E-state index is 5.44. The number of ether oxygens (including phenoxy) is 1. The first-order valence-corrected chi connectivity index (χ1v) is 7.74. The fraction of sp³-hybridized carbons (Fsp3) is 0.300. The molecule has 0 heterocycles. The normalized spacial score (nSPS) is 13.0. The molecule has 1 unspecified atom stereocenters. The summed E-state index contributed by atoms with van der Waals surface area (Å²) in [5, 5.41) is 3.54. The lowest BCUT2D eigenvalue weighted by molar-refractivity contribution is 0.416. The van der Waals surface area contributed by atoms with Crippen molar-refractivity contribution in [2.24, 2.45) is 0 Å². The van der Waals surface area contributed by atoms with Gasteiger partial charge in [-0.1, -0.05) is 54.1 Å². The molecule has 0 bridgehead atoms. The second-order valence-electron chi connectivity index (χ2n) is 5.56. The molecule has 0 aromatic heterocycles. The first kappa shape index (κ1) is 16.3. The molecule has 0 aliphatic heterocycles. The van der Waals surface area contributed by atoms with Gasteiger partial charge in [-0.25, -0.2) is 0 Å². The highest BCUT2D eigenvalue weighted by atomic mass is 16.5. The van der Waals surface area contributed by atoms with Crippen LogP contribution in [0.2, 0.25) is 0 Å². The van der Waals surface area contributed by atoms with E-state index in [4.69, 9.17) is 4.74 Å². The van der Waals surface area contributed by atoms with Crippen LogP contribution in [0.3, 0.4) is 0 Å². The second kappa shape index (κ2) is 7.81. The van der Waals surface area contributed by atoms with Crippen molar-refractivity contribution >= 4 is 0 Å². The van der Waals surface area contributed by atoms with Gasteiger partial charge in [-0.05, 0) is 38.0 Å². The number of nitrogens with one attached hydrogen (secondary N) is 1. The molecule has 2 rings (SSSR count). The van der Waals surface area contributed by atoms with Crippen LogP contribution >= 0.6 is 0 Å². The van der Waals surface area contributed by atoms with Crippen LogP contribution in [0.4, 0.5) is 0 Å². The van der Waals surface area contributed by atoms with E-state index in [9.17, 15) is 0 Å². The Morgan fingerprint density at radius 2 is 1.82 bits per heavy atom. The number of hydrogen-bond donors (Lipinski definition) is 1. The predicted octanol–water partition coefficient (Wildman–Crippen LogP) is 4.98. The molecule has 0 radical (unpaired) electrons. The highest BCUT2D eigenvalue weighted by molar-refractivity contribution is 5.70. The third kappa shape index (κ3) is 3.99. The van der Waals surface area contributed by atoms with Crippen LogP contribution in [0.5, 0.6) is 5.75 Å². The Bertz CT molecular complexity index is 628. The van der Waals surface area contributed by atoms with Gasteiger partial charge in [0.25, 0.3) is 0 Å². The topological polar surface area (TPSA) is 21.3 Å².